The molecular formula is C16H16N2O3S3. The summed E-state index contributed by atoms with van der Waals surface area (Å²) in [5.74, 6) is -0.305. The minimum atomic E-state index is -0.329. The van der Waals surface area contributed by atoms with Gasteiger partial charge in [0.2, 0.25) is 5.91 Å². The Bertz CT molecular complexity index is 716. The molecule has 5 nitrogen and oxygen atoms in total. The SMILES string of the molecule is CCOC(=O)Cc1csc(NC(=O)CSC(=S)c2ccccc2)n1. The van der Waals surface area contributed by atoms with Crippen LogP contribution in [0.4, 0.5) is 5.13 Å². The number of hydrogen-bond acceptors (Lipinski definition) is 7. The Morgan fingerprint density at radius 1 is 1.33 bits per heavy atom. The zero-order valence-electron chi connectivity index (χ0n) is 13.0. The molecule has 0 radical (unpaired) electrons. The van der Waals surface area contributed by atoms with E-state index in [4.69, 9.17) is 17.0 Å². The molecule has 0 aliphatic rings. The lowest BCUT2D eigenvalue weighted by Crippen LogP contribution is -2.15. The number of nitrogens with zero attached hydrogens (tertiary/aromatic N) is 1. The maximum Gasteiger partial charge on any atom is 0.311 e. The van der Waals surface area contributed by atoms with Crippen LogP contribution in [0, 0.1) is 0 Å². The Hall–Kier alpha value is -1.77. The number of thiocarbonyl (C=S) groups is 1. The number of thioether (sulfide) groups is 1. The van der Waals surface area contributed by atoms with Gasteiger partial charge in [0, 0.05) is 5.38 Å². The predicted molar refractivity (Wildman–Crippen MR) is 102 cm³/mol. The van der Waals surface area contributed by atoms with E-state index in [0.29, 0.717) is 21.6 Å². The molecular weight excluding hydrogens is 364 g/mol. The highest BCUT2D eigenvalue weighted by atomic mass is 32.2. The maximum atomic E-state index is 12.0. The van der Waals surface area contributed by atoms with Gasteiger partial charge in [-0.05, 0) is 12.5 Å². The summed E-state index contributed by atoms with van der Waals surface area (Å²) in [6.07, 6.45) is 0.104. The van der Waals surface area contributed by atoms with Crippen LogP contribution in [0.1, 0.15) is 18.2 Å². The van der Waals surface area contributed by atoms with E-state index in [1.54, 1.807) is 12.3 Å². The quantitative estimate of drug-likeness (QED) is 0.587. The minimum absolute atomic E-state index is 0.104. The van der Waals surface area contributed by atoms with Crippen LogP contribution in [0.15, 0.2) is 35.7 Å². The van der Waals surface area contributed by atoms with E-state index in [9.17, 15) is 9.59 Å². The highest BCUT2D eigenvalue weighted by molar-refractivity contribution is 8.24. The van der Waals surface area contributed by atoms with E-state index < -0.39 is 0 Å². The van der Waals surface area contributed by atoms with Crippen LogP contribution in [0.3, 0.4) is 0 Å². The van der Waals surface area contributed by atoms with Crippen LogP contribution in [0.25, 0.3) is 0 Å². The van der Waals surface area contributed by atoms with Gasteiger partial charge in [0.25, 0.3) is 0 Å². The molecule has 1 heterocycles. The molecule has 0 fully saturated rings. The molecule has 24 heavy (non-hydrogen) atoms. The van der Waals surface area contributed by atoms with Gasteiger partial charge in [-0.15, -0.1) is 23.1 Å². The Balaban J connectivity index is 1.79. The molecule has 126 valence electrons. The minimum Gasteiger partial charge on any atom is -0.466 e. The van der Waals surface area contributed by atoms with Crippen molar-refractivity contribution in [2.45, 2.75) is 13.3 Å². The predicted octanol–water partition coefficient (Wildman–Crippen LogP) is 3.30. The number of esters is 1. The number of aromatic nitrogens is 1. The summed E-state index contributed by atoms with van der Waals surface area (Å²) >= 11 is 7.88. The first-order valence-electron chi connectivity index (χ1n) is 7.20. The van der Waals surface area contributed by atoms with Crippen molar-refractivity contribution >= 4 is 56.5 Å². The second-order valence-electron chi connectivity index (χ2n) is 4.62. The molecule has 1 amide bonds. The zero-order valence-corrected chi connectivity index (χ0v) is 15.4. The van der Waals surface area contributed by atoms with Crippen molar-refractivity contribution in [3.63, 3.8) is 0 Å². The Morgan fingerprint density at radius 2 is 2.08 bits per heavy atom. The first-order chi connectivity index (χ1) is 11.6. The highest BCUT2D eigenvalue weighted by Crippen LogP contribution is 2.18. The number of amides is 1. The summed E-state index contributed by atoms with van der Waals surface area (Å²) in [5.41, 5.74) is 1.51. The van der Waals surface area contributed by atoms with Gasteiger partial charge >= 0.3 is 5.97 Å². The van der Waals surface area contributed by atoms with E-state index >= 15 is 0 Å². The average Bonchev–Trinajstić information content (AvgIpc) is 3.00. The van der Waals surface area contributed by atoms with E-state index in [0.717, 1.165) is 5.56 Å². The second kappa shape index (κ2) is 9.51. The van der Waals surface area contributed by atoms with Crippen LogP contribution in [0.5, 0.6) is 0 Å². The lowest BCUT2D eigenvalue weighted by molar-refractivity contribution is -0.142. The molecule has 0 unspecified atom stereocenters. The molecule has 1 aromatic heterocycles. The zero-order chi connectivity index (χ0) is 17.4. The van der Waals surface area contributed by atoms with E-state index in [2.05, 4.69) is 10.3 Å². The molecule has 1 aromatic carbocycles. The van der Waals surface area contributed by atoms with Crippen molar-refractivity contribution in [2.24, 2.45) is 0 Å². The summed E-state index contributed by atoms with van der Waals surface area (Å²) in [7, 11) is 0. The van der Waals surface area contributed by atoms with Gasteiger partial charge in [-0.1, -0.05) is 42.5 Å². The fourth-order valence-electron chi connectivity index (χ4n) is 1.75. The molecule has 0 aliphatic carbocycles. The van der Waals surface area contributed by atoms with Crippen molar-refractivity contribution in [3.05, 3.63) is 47.0 Å². The smallest absolute Gasteiger partial charge is 0.311 e. The standard InChI is InChI=1S/C16H16N2O3S3/c1-2-21-14(20)8-12-9-24-16(17-12)18-13(19)10-23-15(22)11-6-4-3-5-7-11/h3-7,9H,2,8,10H2,1H3,(H,17,18,19). The van der Waals surface area contributed by atoms with Crippen LogP contribution in [-0.2, 0) is 20.7 Å². The number of carbonyl (C=O) groups excluding carboxylic acids is 2. The van der Waals surface area contributed by atoms with Crippen LogP contribution >= 0.6 is 35.3 Å². The topological polar surface area (TPSA) is 68.3 Å². The Morgan fingerprint density at radius 3 is 2.79 bits per heavy atom. The van der Waals surface area contributed by atoms with E-state index in [1.807, 2.05) is 30.3 Å². The molecule has 0 bridgehead atoms. The molecule has 2 rings (SSSR count). The monoisotopic (exact) mass is 380 g/mol. The molecule has 0 aliphatic heterocycles. The number of benzene rings is 1. The summed E-state index contributed by atoms with van der Waals surface area (Å²) in [4.78, 5) is 27.6. The van der Waals surface area contributed by atoms with Crippen molar-refractivity contribution in [2.75, 3.05) is 17.7 Å². The van der Waals surface area contributed by atoms with Crippen molar-refractivity contribution in [3.8, 4) is 0 Å². The number of hydrogen-bond donors (Lipinski definition) is 1. The number of nitrogens with one attached hydrogen (secondary N) is 1. The number of rotatable bonds is 7. The molecule has 2 aromatic rings. The van der Waals surface area contributed by atoms with E-state index in [-0.39, 0.29) is 24.1 Å². The second-order valence-corrected chi connectivity index (χ2v) is 7.13. The fraction of sp³-hybridized carbons (Fsp3) is 0.250. The third-order valence-electron chi connectivity index (χ3n) is 2.77. The van der Waals surface area contributed by atoms with Crippen molar-refractivity contribution in [1.82, 2.24) is 4.98 Å². The normalized spacial score (nSPS) is 10.2. The Kier molecular flexibility index (Phi) is 7.36. The van der Waals surface area contributed by atoms with Crippen LogP contribution in [0.2, 0.25) is 0 Å². The van der Waals surface area contributed by atoms with Crippen molar-refractivity contribution in [1.29, 1.82) is 0 Å². The summed E-state index contributed by atoms with van der Waals surface area (Å²) in [6, 6.07) is 9.55. The number of carbonyl (C=O) groups is 2. The third kappa shape index (κ3) is 6.03. The largest absolute Gasteiger partial charge is 0.466 e. The molecule has 8 heteroatoms. The molecule has 0 atom stereocenters. The van der Waals surface area contributed by atoms with Gasteiger partial charge in [-0.25, -0.2) is 4.98 Å². The van der Waals surface area contributed by atoms with Gasteiger partial charge in [0.15, 0.2) is 5.13 Å². The number of ether oxygens (including phenoxy) is 1. The Labute approximate surface area is 153 Å². The molecule has 1 N–H and O–H groups in total. The third-order valence-corrected chi connectivity index (χ3v) is 5.07. The van der Waals surface area contributed by atoms with E-state index in [1.165, 1.54) is 23.1 Å². The van der Waals surface area contributed by atoms with Gasteiger partial charge < -0.3 is 10.1 Å². The molecule has 0 saturated carbocycles. The highest BCUT2D eigenvalue weighted by Gasteiger charge is 2.11. The average molecular weight is 381 g/mol. The lowest BCUT2D eigenvalue weighted by atomic mass is 10.2. The first kappa shape index (κ1) is 18.6. The maximum absolute atomic E-state index is 12.0. The van der Waals surface area contributed by atoms with Crippen LogP contribution in [-0.4, -0.2) is 33.4 Å². The summed E-state index contributed by atoms with van der Waals surface area (Å²) in [6.45, 7) is 2.09. The summed E-state index contributed by atoms with van der Waals surface area (Å²) in [5, 5.41) is 4.90. The van der Waals surface area contributed by atoms with Crippen molar-refractivity contribution < 1.29 is 14.3 Å². The fourth-order valence-corrected chi connectivity index (χ4v) is 3.43. The lowest BCUT2D eigenvalue weighted by Gasteiger charge is -2.04. The van der Waals surface area contributed by atoms with Gasteiger partial charge in [-0.3, -0.25) is 9.59 Å². The number of thiazole rings is 1. The van der Waals surface area contributed by atoms with Gasteiger partial charge in [0.05, 0.1) is 28.7 Å². The number of anilines is 1. The van der Waals surface area contributed by atoms with Gasteiger partial charge in [-0.2, -0.15) is 0 Å². The van der Waals surface area contributed by atoms with Gasteiger partial charge in [0.1, 0.15) is 0 Å². The summed E-state index contributed by atoms with van der Waals surface area (Å²) < 4.78 is 5.54. The molecule has 0 spiro atoms. The first-order valence-corrected chi connectivity index (χ1v) is 9.48. The molecule has 0 saturated heterocycles. The van der Waals surface area contributed by atoms with Crippen LogP contribution < -0.4 is 5.32 Å².